The molecule has 17 heavy (non-hydrogen) atoms. The van der Waals surface area contributed by atoms with E-state index in [2.05, 4.69) is 10.3 Å². The van der Waals surface area contributed by atoms with Crippen LogP contribution in [0.1, 0.15) is 25.7 Å². The molecule has 1 heterocycles. The summed E-state index contributed by atoms with van der Waals surface area (Å²) >= 11 is 0. The van der Waals surface area contributed by atoms with Crippen LogP contribution in [0.5, 0.6) is 5.88 Å². The average Bonchev–Trinajstić information content (AvgIpc) is 2.99. The van der Waals surface area contributed by atoms with Gasteiger partial charge in [0.1, 0.15) is 5.82 Å². The quantitative estimate of drug-likeness (QED) is 0.866. The second-order valence-electron chi connectivity index (χ2n) is 5.38. The molecule has 1 aromatic heterocycles. The van der Waals surface area contributed by atoms with E-state index in [1.165, 1.54) is 25.7 Å². The molecular formula is C14H20N2O. The van der Waals surface area contributed by atoms with Crippen molar-refractivity contribution in [1.29, 1.82) is 0 Å². The summed E-state index contributed by atoms with van der Waals surface area (Å²) in [4.78, 5) is 4.38. The molecule has 0 spiro atoms. The molecule has 2 bridgehead atoms. The van der Waals surface area contributed by atoms with Gasteiger partial charge in [-0.25, -0.2) is 0 Å². The molecule has 2 fully saturated rings. The summed E-state index contributed by atoms with van der Waals surface area (Å²) in [5, 5.41) is 3.46. The molecule has 0 aliphatic heterocycles. The van der Waals surface area contributed by atoms with Crippen molar-refractivity contribution in [2.24, 2.45) is 17.8 Å². The maximum absolute atomic E-state index is 5.12. The Labute approximate surface area is 103 Å². The van der Waals surface area contributed by atoms with Crippen molar-refractivity contribution in [2.75, 3.05) is 19.0 Å². The molecule has 3 heteroatoms. The molecule has 0 radical (unpaired) electrons. The van der Waals surface area contributed by atoms with E-state index in [-0.39, 0.29) is 0 Å². The molecule has 3 rings (SSSR count). The van der Waals surface area contributed by atoms with Crippen LogP contribution in [0, 0.1) is 17.8 Å². The van der Waals surface area contributed by atoms with Gasteiger partial charge in [-0.2, -0.15) is 4.98 Å². The Morgan fingerprint density at radius 3 is 3.00 bits per heavy atom. The molecule has 2 aliphatic carbocycles. The number of hydrogen-bond donors (Lipinski definition) is 1. The first-order valence-corrected chi connectivity index (χ1v) is 6.60. The Morgan fingerprint density at radius 1 is 1.35 bits per heavy atom. The average molecular weight is 232 g/mol. The normalized spacial score (nSPS) is 30.5. The van der Waals surface area contributed by atoms with Crippen molar-refractivity contribution in [2.45, 2.75) is 25.7 Å². The monoisotopic (exact) mass is 232 g/mol. The van der Waals surface area contributed by atoms with Gasteiger partial charge in [-0.05, 0) is 43.1 Å². The summed E-state index contributed by atoms with van der Waals surface area (Å²) in [6.45, 7) is 1.07. The highest BCUT2D eigenvalue weighted by atomic mass is 16.5. The van der Waals surface area contributed by atoms with Crippen molar-refractivity contribution < 1.29 is 4.74 Å². The number of hydrogen-bond acceptors (Lipinski definition) is 3. The first-order valence-electron chi connectivity index (χ1n) is 6.60. The number of nitrogens with one attached hydrogen (secondary N) is 1. The Hall–Kier alpha value is -1.25. The number of pyridine rings is 1. The van der Waals surface area contributed by atoms with Crippen LogP contribution < -0.4 is 10.1 Å². The molecule has 3 nitrogen and oxygen atoms in total. The van der Waals surface area contributed by atoms with Crippen LogP contribution in [0.15, 0.2) is 18.2 Å². The van der Waals surface area contributed by atoms with Crippen LogP contribution in [0.25, 0.3) is 0 Å². The smallest absolute Gasteiger partial charge is 0.214 e. The van der Waals surface area contributed by atoms with E-state index < -0.39 is 0 Å². The lowest BCUT2D eigenvalue weighted by molar-refractivity contribution is 0.348. The molecule has 2 aliphatic rings. The van der Waals surface area contributed by atoms with Crippen LogP contribution in [-0.2, 0) is 0 Å². The largest absolute Gasteiger partial charge is 0.481 e. The van der Waals surface area contributed by atoms with Crippen LogP contribution in [0.2, 0.25) is 0 Å². The second kappa shape index (κ2) is 4.55. The fraction of sp³-hybridized carbons (Fsp3) is 0.643. The van der Waals surface area contributed by atoms with Gasteiger partial charge in [-0.15, -0.1) is 0 Å². The maximum Gasteiger partial charge on any atom is 0.214 e. The molecule has 0 amide bonds. The first kappa shape index (κ1) is 10.9. The fourth-order valence-electron chi connectivity index (χ4n) is 3.49. The Bertz CT molecular complexity index is 394. The minimum Gasteiger partial charge on any atom is -0.481 e. The van der Waals surface area contributed by atoms with Crippen LogP contribution in [0.4, 0.5) is 5.82 Å². The number of methoxy groups -OCH3 is 1. The van der Waals surface area contributed by atoms with E-state index in [9.17, 15) is 0 Å². The lowest BCUT2D eigenvalue weighted by Gasteiger charge is -2.22. The number of anilines is 1. The topological polar surface area (TPSA) is 34.1 Å². The van der Waals surface area contributed by atoms with Crippen LogP contribution in [0.3, 0.4) is 0 Å². The van der Waals surface area contributed by atoms with Crippen molar-refractivity contribution in [3.63, 3.8) is 0 Å². The Kier molecular flexibility index (Phi) is 2.91. The van der Waals surface area contributed by atoms with Crippen molar-refractivity contribution in [1.82, 2.24) is 4.98 Å². The molecule has 2 saturated carbocycles. The number of aromatic nitrogens is 1. The summed E-state index contributed by atoms with van der Waals surface area (Å²) in [5.41, 5.74) is 0. The number of fused-ring (bicyclic) bond motifs is 2. The minimum absolute atomic E-state index is 0.683. The SMILES string of the molecule is COc1cccc(NCC2CC3CCC2C3)n1. The predicted molar refractivity (Wildman–Crippen MR) is 68.2 cm³/mol. The zero-order valence-electron chi connectivity index (χ0n) is 10.4. The zero-order valence-corrected chi connectivity index (χ0v) is 10.4. The third-order valence-corrected chi connectivity index (χ3v) is 4.36. The molecule has 0 saturated heterocycles. The van der Waals surface area contributed by atoms with Crippen molar-refractivity contribution >= 4 is 5.82 Å². The highest BCUT2D eigenvalue weighted by Gasteiger charge is 2.38. The summed E-state index contributed by atoms with van der Waals surface area (Å²) in [7, 11) is 1.65. The fourth-order valence-corrected chi connectivity index (χ4v) is 3.49. The number of rotatable bonds is 4. The van der Waals surface area contributed by atoms with Gasteiger partial charge in [0, 0.05) is 12.6 Å². The van der Waals surface area contributed by atoms with Gasteiger partial charge >= 0.3 is 0 Å². The number of nitrogens with zero attached hydrogens (tertiary/aromatic N) is 1. The van der Waals surface area contributed by atoms with Gasteiger partial charge < -0.3 is 10.1 Å². The molecule has 1 aromatic rings. The van der Waals surface area contributed by atoms with Gasteiger partial charge in [-0.3, -0.25) is 0 Å². The van der Waals surface area contributed by atoms with E-state index in [1.54, 1.807) is 7.11 Å². The lowest BCUT2D eigenvalue weighted by atomic mass is 9.89. The first-order chi connectivity index (χ1) is 8.35. The summed E-state index contributed by atoms with van der Waals surface area (Å²) < 4.78 is 5.12. The predicted octanol–water partition coefficient (Wildman–Crippen LogP) is 2.94. The molecular weight excluding hydrogens is 212 g/mol. The molecule has 92 valence electrons. The van der Waals surface area contributed by atoms with Gasteiger partial charge in [0.15, 0.2) is 0 Å². The third kappa shape index (κ3) is 2.24. The maximum atomic E-state index is 5.12. The van der Waals surface area contributed by atoms with E-state index in [0.717, 1.165) is 30.1 Å². The molecule has 3 atom stereocenters. The Morgan fingerprint density at radius 2 is 2.29 bits per heavy atom. The number of ether oxygens (including phenoxy) is 1. The summed E-state index contributed by atoms with van der Waals surface area (Å²) in [6, 6.07) is 5.87. The second-order valence-corrected chi connectivity index (χ2v) is 5.38. The van der Waals surface area contributed by atoms with Crippen LogP contribution in [-0.4, -0.2) is 18.6 Å². The zero-order chi connectivity index (χ0) is 11.7. The third-order valence-electron chi connectivity index (χ3n) is 4.36. The highest BCUT2D eigenvalue weighted by molar-refractivity contribution is 5.37. The van der Waals surface area contributed by atoms with E-state index in [1.807, 2.05) is 18.2 Å². The van der Waals surface area contributed by atoms with Gasteiger partial charge in [0.05, 0.1) is 7.11 Å². The van der Waals surface area contributed by atoms with Crippen molar-refractivity contribution in [3.05, 3.63) is 18.2 Å². The van der Waals surface area contributed by atoms with E-state index in [0.29, 0.717) is 5.88 Å². The van der Waals surface area contributed by atoms with E-state index >= 15 is 0 Å². The Balaban J connectivity index is 1.56. The lowest BCUT2D eigenvalue weighted by Crippen LogP contribution is -2.20. The highest BCUT2D eigenvalue weighted by Crippen LogP contribution is 2.48. The van der Waals surface area contributed by atoms with Gasteiger partial charge in [0.2, 0.25) is 5.88 Å². The molecule has 3 unspecified atom stereocenters. The molecule has 0 aromatic carbocycles. The minimum atomic E-state index is 0.683. The molecule has 1 N–H and O–H groups in total. The van der Waals surface area contributed by atoms with Crippen LogP contribution >= 0.6 is 0 Å². The van der Waals surface area contributed by atoms with E-state index in [4.69, 9.17) is 4.74 Å². The standard InChI is InChI=1S/C14H20N2O/c1-17-14-4-2-3-13(16-14)15-9-12-8-10-5-6-11(12)7-10/h2-4,10-12H,5-9H2,1H3,(H,15,16). The summed E-state index contributed by atoms with van der Waals surface area (Å²) in [5.74, 6) is 4.47. The van der Waals surface area contributed by atoms with Gasteiger partial charge in [0.25, 0.3) is 0 Å². The van der Waals surface area contributed by atoms with Gasteiger partial charge in [-0.1, -0.05) is 12.5 Å². The van der Waals surface area contributed by atoms with Crippen molar-refractivity contribution in [3.8, 4) is 5.88 Å². The summed E-state index contributed by atoms with van der Waals surface area (Å²) in [6.07, 6.45) is 5.81.